The molecule has 2 aromatic carbocycles. The van der Waals surface area contributed by atoms with Gasteiger partial charge < -0.3 is 10.2 Å². The number of unbranched alkanes of at least 4 members (excludes halogenated alkanes) is 4. The fourth-order valence-electron chi connectivity index (χ4n) is 3.98. The smallest absolute Gasteiger partial charge is 0.245 e. The van der Waals surface area contributed by atoms with E-state index in [4.69, 9.17) is 16.7 Å². The zero-order chi connectivity index (χ0) is 25.0. The van der Waals surface area contributed by atoms with Crippen molar-refractivity contribution in [2.45, 2.75) is 58.8 Å². The van der Waals surface area contributed by atoms with Crippen LogP contribution in [0.1, 0.15) is 58.8 Å². The molecule has 2 amide bonds. The number of nitrogens with zero attached hydrogens (tertiary/aromatic N) is 3. The number of rotatable bonds is 13. The third kappa shape index (κ3) is 7.69. The van der Waals surface area contributed by atoms with Crippen molar-refractivity contribution >= 4 is 29.2 Å². The minimum atomic E-state index is -0.259. The lowest BCUT2D eigenvalue weighted by Crippen LogP contribution is -2.38. The summed E-state index contributed by atoms with van der Waals surface area (Å²) in [7, 11) is 0. The Balaban J connectivity index is 1.76. The molecule has 7 heteroatoms. The number of aromatic nitrogens is 2. The van der Waals surface area contributed by atoms with Gasteiger partial charge in [-0.2, -0.15) is 5.10 Å². The Bertz CT molecular complexity index is 1100. The summed E-state index contributed by atoms with van der Waals surface area (Å²) in [6, 6.07) is 19.0. The van der Waals surface area contributed by atoms with E-state index < -0.39 is 0 Å². The highest BCUT2D eigenvalue weighted by atomic mass is 35.5. The van der Waals surface area contributed by atoms with Crippen LogP contribution in [0.3, 0.4) is 0 Å². The van der Waals surface area contributed by atoms with Crippen LogP contribution in [0, 0.1) is 0 Å². The Labute approximate surface area is 213 Å². The first-order valence-corrected chi connectivity index (χ1v) is 12.9. The number of carbonyl (C=O) groups excluding carboxylic acids is 2. The number of hydrogen-bond acceptors (Lipinski definition) is 3. The second-order valence-corrected chi connectivity index (χ2v) is 9.08. The summed E-state index contributed by atoms with van der Waals surface area (Å²) in [6.45, 7) is 4.75. The van der Waals surface area contributed by atoms with E-state index in [1.54, 1.807) is 15.6 Å². The Morgan fingerprint density at radius 3 is 2.37 bits per heavy atom. The number of halogens is 1. The van der Waals surface area contributed by atoms with Gasteiger partial charge in [0.2, 0.25) is 11.8 Å². The largest absolute Gasteiger partial charge is 0.333 e. The fraction of sp³-hybridized carbons (Fsp3) is 0.393. The van der Waals surface area contributed by atoms with Crippen molar-refractivity contribution in [1.29, 1.82) is 0 Å². The first kappa shape index (κ1) is 26.5. The number of nitrogens with one attached hydrogen (secondary N) is 1. The molecule has 1 heterocycles. The molecule has 0 aliphatic heterocycles. The molecule has 0 bridgehead atoms. The number of amides is 2. The number of anilines is 1. The van der Waals surface area contributed by atoms with Crippen molar-refractivity contribution in [3.63, 3.8) is 0 Å². The summed E-state index contributed by atoms with van der Waals surface area (Å²) in [5, 5.41) is 8.20. The van der Waals surface area contributed by atoms with Crippen LogP contribution in [0.25, 0.3) is 16.9 Å². The molecule has 0 spiro atoms. The van der Waals surface area contributed by atoms with Crippen LogP contribution in [0.4, 0.5) is 5.82 Å². The van der Waals surface area contributed by atoms with E-state index in [0.29, 0.717) is 29.5 Å². The van der Waals surface area contributed by atoms with E-state index in [1.165, 1.54) is 12.8 Å². The van der Waals surface area contributed by atoms with Crippen molar-refractivity contribution in [1.82, 2.24) is 14.7 Å². The highest BCUT2D eigenvalue weighted by Crippen LogP contribution is 2.28. The SMILES string of the molecule is CCCCCCCC(=O)N(CCC)CC(=O)Nc1cc(-c2ccccc2)nn1-c1ccccc1Cl. The van der Waals surface area contributed by atoms with Gasteiger partial charge in [-0.25, -0.2) is 4.68 Å². The summed E-state index contributed by atoms with van der Waals surface area (Å²) in [4.78, 5) is 27.5. The first-order chi connectivity index (χ1) is 17.0. The van der Waals surface area contributed by atoms with Gasteiger partial charge in [-0.05, 0) is 25.0 Å². The Morgan fingerprint density at radius 2 is 1.66 bits per heavy atom. The van der Waals surface area contributed by atoms with Crippen LogP contribution >= 0.6 is 11.6 Å². The second-order valence-electron chi connectivity index (χ2n) is 8.67. The van der Waals surface area contributed by atoms with Gasteiger partial charge in [0.1, 0.15) is 5.82 Å². The molecule has 0 atom stereocenters. The van der Waals surface area contributed by atoms with Crippen molar-refractivity contribution < 1.29 is 9.59 Å². The number of para-hydroxylation sites is 1. The Morgan fingerprint density at radius 1 is 0.943 bits per heavy atom. The van der Waals surface area contributed by atoms with Gasteiger partial charge >= 0.3 is 0 Å². The maximum Gasteiger partial charge on any atom is 0.245 e. The lowest BCUT2D eigenvalue weighted by molar-refractivity contribution is -0.134. The zero-order valence-electron chi connectivity index (χ0n) is 20.7. The zero-order valence-corrected chi connectivity index (χ0v) is 21.4. The maximum atomic E-state index is 13.1. The average molecular weight is 495 g/mol. The molecule has 0 radical (unpaired) electrons. The lowest BCUT2D eigenvalue weighted by Gasteiger charge is -2.22. The van der Waals surface area contributed by atoms with Gasteiger partial charge in [0.05, 0.1) is 22.9 Å². The summed E-state index contributed by atoms with van der Waals surface area (Å²) < 4.78 is 1.64. The highest BCUT2D eigenvalue weighted by Gasteiger charge is 2.19. The monoisotopic (exact) mass is 494 g/mol. The second kappa shape index (κ2) is 13.7. The Kier molecular flexibility index (Phi) is 10.4. The molecule has 0 fully saturated rings. The maximum absolute atomic E-state index is 13.1. The molecule has 35 heavy (non-hydrogen) atoms. The molecular formula is C28H35ClN4O2. The molecule has 1 N–H and O–H groups in total. The van der Waals surface area contributed by atoms with Crippen molar-refractivity contribution in [2.24, 2.45) is 0 Å². The quantitative estimate of drug-likeness (QED) is 0.268. The molecule has 1 aromatic heterocycles. The summed E-state index contributed by atoms with van der Waals surface area (Å²) in [6.07, 6.45) is 6.70. The average Bonchev–Trinajstić information content (AvgIpc) is 3.27. The third-order valence-electron chi connectivity index (χ3n) is 5.80. The molecule has 0 aliphatic carbocycles. The van der Waals surface area contributed by atoms with Crippen LogP contribution in [-0.4, -0.2) is 39.6 Å². The fourth-order valence-corrected chi connectivity index (χ4v) is 4.20. The van der Waals surface area contributed by atoms with Crippen LogP contribution in [-0.2, 0) is 9.59 Å². The van der Waals surface area contributed by atoms with Gasteiger partial charge in [0.25, 0.3) is 0 Å². The summed E-state index contributed by atoms with van der Waals surface area (Å²) in [5.41, 5.74) is 2.31. The first-order valence-electron chi connectivity index (χ1n) is 12.5. The van der Waals surface area contributed by atoms with E-state index in [1.807, 2.05) is 61.5 Å². The molecule has 0 aliphatic rings. The predicted molar refractivity (Wildman–Crippen MR) is 143 cm³/mol. The van der Waals surface area contributed by atoms with Gasteiger partial charge in [-0.1, -0.05) is 93.6 Å². The minimum Gasteiger partial charge on any atom is -0.333 e. The van der Waals surface area contributed by atoms with E-state index in [2.05, 4.69) is 12.2 Å². The topological polar surface area (TPSA) is 67.2 Å². The molecule has 0 unspecified atom stereocenters. The molecular weight excluding hydrogens is 460 g/mol. The van der Waals surface area contributed by atoms with E-state index >= 15 is 0 Å². The number of benzene rings is 2. The Hall–Kier alpha value is -3.12. The van der Waals surface area contributed by atoms with Crippen molar-refractivity contribution in [3.05, 3.63) is 65.7 Å². The standard InChI is InChI=1S/C28H35ClN4O2/c1-3-5-6-7-11-18-28(35)32(19-4-2)21-27(34)30-26-20-24(22-14-9-8-10-15-22)31-33(26)25-17-13-12-16-23(25)29/h8-10,12-17,20H,3-7,11,18-19,21H2,1-2H3,(H,30,34). The van der Waals surface area contributed by atoms with Crippen LogP contribution in [0.15, 0.2) is 60.7 Å². The van der Waals surface area contributed by atoms with E-state index in [9.17, 15) is 9.59 Å². The highest BCUT2D eigenvalue weighted by molar-refractivity contribution is 6.32. The molecule has 0 saturated carbocycles. The minimum absolute atomic E-state index is 0.00993. The number of carbonyl (C=O) groups is 2. The normalized spacial score (nSPS) is 10.8. The van der Waals surface area contributed by atoms with Crippen LogP contribution in [0.5, 0.6) is 0 Å². The van der Waals surface area contributed by atoms with Crippen LogP contribution in [0.2, 0.25) is 5.02 Å². The van der Waals surface area contributed by atoms with Gasteiger partial charge in [0, 0.05) is 24.6 Å². The third-order valence-corrected chi connectivity index (χ3v) is 6.12. The molecule has 0 saturated heterocycles. The van der Waals surface area contributed by atoms with Crippen molar-refractivity contribution in [3.8, 4) is 16.9 Å². The molecule has 6 nitrogen and oxygen atoms in total. The summed E-state index contributed by atoms with van der Waals surface area (Å²) >= 11 is 6.44. The van der Waals surface area contributed by atoms with Gasteiger partial charge in [-0.15, -0.1) is 0 Å². The molecule has 3 rings (SSSR count). The molecule has 186 valence electrons. The predicted octanol–water partition coefficient (Wildman–Crippen LogP) is 6.73. The van der Waals surface area contributed by atoms with Crippen molar-refractivity contribution in [2.75, 3.05) is 18.4 Å². The van der Waals surface area contributed by atoms with Gasteiger partial charge in [0.15, 0.2) is 0 Å². The van der Waals surface area contributed by atoms with E-state index in [0.717, 1.165) is 36.9 Å². The number of hydrogen-bond donors (Lipinski definition) is 1. The van der Waals surface area contributed by atoms with Gasteiger partial charge in [-0.3, -0.25) is 9.59 Å². The molecule has 3 aromatic rings. The van der Waals surface area contributed by atoms with Crippen LogP contribution < -0.4 is 5.32 Å². The lowest BCUT2D eigenvalue weighted by atomic mass is 10.1. The summed E-state index contributed by atoms with van der Waals surface area (Å²) in [5.74, 6) is 0.277. The van der Waals surface area contributed by atoms with E-state index in [-0.39, 0.29) is 18.4 Å².